The first kappa shape index (κ1) is 16.4. The summed E-state index contributed by atoms with van der Waals surface area (Å²) in [5.74, 6) is 0.937. The normalized spacial score (nSPS) is 11.0. The van der Waals surface area contributed by atoms with Gasteiger partial charge < -0.3 is 4.74 Å². The third-order valence-electron chi connectivity index (χ3n) is 3.61. The zero-order valence-corrected chi connectivity index (χ0v) is 13.7. The molecule has 0 saturated carbocycles. The predicted molar refractivity (Wildman–Crippen MR) is 95.2 cm³/mol. The van der Waals surface area contributed by atoms with E-state index in [4.69, 9.17) is 4.74 Å². The predicted octanol–water partition coefficient (Wildman–Crippen LogP) is 6.03. The Balaban J connectivity index is 1.85. The lowest BCUT2D eigenvalue weighted by molar-refractivity contribution is 0.306. The second kappa shape index (κ2) is 9.09. The molecule has 0 saturated heterocycles. The number of rotatable bonds is 8. The Hall–Kier alpha value is -2.02. The van der Waals surface area contributed by atoms with E-state index < -0.39 is 0 Å². The fourth-order valence-corrected chi connectivity index (χ4v) is 2.32. The number of hydrogen-bond acceptors (Lipinski definition) is 1. The molecule has 2 rings (SSSR count). The molecule has 0 heterocycles. The van der Waals surface area contributed by atoms with E-state index in [0.717, 1.165) is 18.6 Å². The molecule has 1 heteroatoms. The van der Waals surface area contributed by atoms with Crippen LogP contribution in [0.4, 0.5) is 0 Å². The van der Waals surface area contributed by atoms with Crippen molar-refractivity contribution in [3.05, 3.63) is 71.3 Å². The van der Waals surface area contributed by atoms with Crippen LogP contribution >= 0.6 is 0 Å². The lowest BCUT2D eigenvalue weighted by Crippen LogP contribution is -1.95. The minimum absolute atomic E-state index is 0.617. The van der Waals surface area contributed by atoms with Crippen molar-refractivity contribution in [3.63, 3.8) is 0 Å². The van der Waals surface area contributed by atoms with Crippen molar-refractivity contribution in [2.24, 2.45) is 0 Å². The molecule has 2 aromatic carbocycles. The summed E-state index contributed by atoms with van der Waals surface area (Å²) in [6.07, 6.45) is 9.05. The second-order valence-electron chi connectivity index (χ2n) is 5.62. The molecule has 22 heavy (non-hydrogen) atoms. The Morgan fingerprint density at radius 1 is 0.818 bits per heavy atom. The Kier molecular flexibility index (Phi) is 6.76. The molecular formula is C21H26O. The van der Waals surface area contributed by atoms with Crippen LogP contribution in [0.2, 0.25) is 0 Å². The van der Waals surface area contributed by atoms with E-state index >= 15 is 0 Å². The Morgan fingerprint density at radius 2 is 1.50 bits per heavy atom. The highest BCUT2D eigenvalue weighted by Crippen LogP contribution is 2.16. The number of benzene rings is 2. The first-order valence-corrected chi connectivity index (χ1v) is 8.29. The van der Waals surface area contributed by atoms with Crippen LogP contribution in [0.5, 0.6) is 5.75 Å². The van der Waals surface area contributed by atoms with Crippen LogP contribution < -0.4 is 4.74 Å². The summed E-state index contributed by atoms with van der Waals surface area (Å²) < 4.78 is 5.85. The van der Waals surface area contributed by atoms with Gasteiger partial charge in [-0.3, -0.25) is 0 Å². The fraction of sp³-hybridized carbons (Fsp3) is 0.333. The number of hydrogen-bond donors (Lipinski definition) is 0. The topological polar surface area (TPSA) is 9.23 Å². The number of aryl methyl sites for hydroxylation is 1. The number of ether oxygens (including phenoxy) is 1. The zero-order chi connectivity index (χ0) is 15.6. The van der Waals surface area contributed by atoms with E-state index in [1.165, 1.54) is 29.5 Å². The van der Waals surface area contributed by atoms with Crippen molar-refractivity contribution in [2.75, 3.05) is 0 Å². The van der Waals surface area contributed by atoms with Crippen LogP contribution in [0.3, 0.4) is 0 Å². The van der Waals surface area contributed by atoms with Gasteiger partial charge >= 0.3 is 0 Å². The Bertz CT molecular complexity index is 564. The van der Waals surface area contributed by atoms with E-state index in [2.05, 4.69) is 74.5 Å². The summed E-state index contributed by atoms with van der Waals surface area (Å²) in [5.41, 5.74) is 3.82. The van der Waals surface area contributed by atoms with Crippen LogP contribution in [0.15, 0.2) is 54.6 Å². The molecule has 0 aliphatic rings. The summed E-state index contributed by atoms with van der Waals surface area (Å²) in [6, 6.07) is 17.0. The average molecular weight is 294 g/mol. The van der Waals surface area contributed by atoms with Gasteiger partial charge in [0.15, 0.2) is 0 Å². The van der Waals surface area contributed by atoms with Crippen LogP contribution in [0, 0.1) is 0 Å². The van der Waals surface area contributed by atoms with Crippen LogP contribution in [-0.4, -0.2) is 0 Å². The van der Waals surface area contributed by atoms with Gasteiger partial charge in [0.25, 0.3) is 0 Å². The van der Waals surface area contributed by atoms with Gasteiger partial charge in [-0.1, -0.05) is 75.2 Å². The van der Waals surface area contributed by atoms with E-state index in [0.29, 0.717) is 6.61 Å². The van der Waals surface area contributed by atoms with Crippen molar-refractivity contribution in [1.82, 2.24) is 0 Å². The second-order valence-corrected chi connectivity index (χ2v) is 5.62. The van der Waals surface area contributed by atoms with E-state index in [-0.39, 0.29) is 0 Å². The highest BCUT2D eigenvalue weighted by molar-refractivity contribution is 5.49. The van der Waals surface area contributed by atoms with Gasteiger partial charge in [-0.25, -0.2) is 0 Å². The maximum atomic E-state index is 5.85. The van der Waals surface area contributed by atoms with E-state index in [1.54, 1.807) is 0 Å². The largest absolute Gasteiger partial charge is 0.489 e. The monoisotopic (exact) mass is 294 g/mol. The molecule has 0 N–H and O–H groups in total. The first-order valence-electron chi connectivity index (χ1n) is 8.29. The van der Waals surface area contributed by atoms with Gasteiger partial charge in [0.2, 0.25) is 0 Å². The molecule has 0 aromatic heterocycles. The summed E-state index contributed by atoms with van der Waals surface area (Å²) in [4.78, 5) is 0. The fourth-order valence-electron chi connectivity index (χ4n) is 2.32. The van der Waals surface area contributed by atoms with Gasteiger partial charge in [0, 0.05) is 0 Å². The molecule has 0 amide bonds. The number of unbranched alkanes of at least 4 members (excludes halogenated alkanes) is 1. The molecule has 0 unspecified atom stereocenters. The average Bonchev–Trinajstić information content (AvgIpc) is 2.56. The summed E-state index contributed by atoms with van der Waals surface area (Å²) in [7, 11) is 0. The van der Waals surface area contributed by atoms with Gasteiger partial charge in [0.05, 0.1) is 0 Å². The molecule has 116 valence electrons. The van der Waals surface area contributed by atoms with Crippen molar-refractivity contribution in [1.29, 1.82) is 0 Å². The molecule has 0 radical (unpaired) electrons. The Morgan fingerprint density at radius 3 is 2.14 bits per heavy atom. The third-order valence-corrected chi connectivity index (χ3v) is 3.61. The van der Waals surface area contributed by atoms with Gasteiger partial charge in [-0.2, -0.15) is 0 Å². The third kappa shape index (κ3) is 5.40. The highest BCUT2D eigenvalue weighted by atomic mass is 16.5. The SMILES string of the molecule is CCCC=Cc1ccc(COc2ccc(CCC)cc2)cc1. The van der Waals surface area contributed by atoms with Crippen LogP contribution in [0.25, 0.3) is 6.08 Å². The van der Waals surface area contributed by atoms with Crippen molar-refractivity contribution < 1.29 is 4.74 Å². The summed E-state index contributed by atoms with van der Waals surface area (Å²) in [6.45, 7) is 5.01. The van der Waals surface area contributed by atoms with Crippen molar-refractivity contribution in [2.45, 2.75) is 46.1 Å². The lowest BCUT2D eigenvalue weighted by Gasteiger charge is -2.07. The standard InChI is InChI=1S/C21H26O/c1-3-5-6-8-19-9-11-20(12-10-19)17-22-21-15-13-18(7-4-2)14-16-21/h6,8-16H,3-5,7,17H2,1-2H3. The van der Waals surface area contributed by atoms with E-state index in [9.17, 15) is 0 Å². The van der Waals surface area contributed by atoms with Crippen molar-refractivity contribution >= 4 is 6.08 Å². The first-order chi connectivity index (χ1) is 10.8. The van der Waals surface area contributed by atoms with Crippen LogP contribution in [0.1, 0.15) is 49.8 Å². The quantitative estimate of drug-likeness (QED) is 0.577. The maximum absolute atomic E-state index is 5.85. The molecule has 2 aromatic rings. The number of allylic oxidation sites excluding steroid dienone is 1. The summed E-state index contributed by atoms with van der Waals surface area (Å²) in [5, 5.41) is 0. The molecule has 0 atom stereocenters. The highest BCUT2D eigenvalue weighted by Gasteiger charge is 1.97. The van der Waals surface area contributed by atoms with E-state index in [1.807, 2.05) is 0 Å². The lowest BCUT2D eigenvalue weighted by atomic mass is 10.1. The molecule has 0 bridgehead atoms. The maximum Gasteiger partial charge on any atom is 0.119 e. The molecule has 0 spiro atoms. The van der Waals surface area contributed by atoms with Gasteiger partial charge in [-0.15, -0.1) is 0 Å². The van der Waals surface area contributed by atoms with Crippen molar-refractivity contribution in [3.8, 4) is 5.75 Å². The Labute approximate surface area is 134 Å². The molecule has 1 nitrogen and oxygen atoms in total. The van der Waals surface area contributed by atoms with Crippen LogP contribution in [-0.2, 0) is 13.0 Å². The minimum atomic E-state index is 0.617. The molecule has 0 aliphatic carbocycles. The molecular weight excluding hydrogens is 268 g/mol. The smallest absolute Gasteiger partial charge is 0.119 e. The van der Waals surface area contributed by atoms with Gasteiger partial charge in [-0.05, 0) is 41.7 Å². The molecule has 0 aliphatic heterocycles. The minimum Gasteiger partial charge on any atom is -0.489 e. The van der Waals surface area contributed by atoms with Gasteiger partial charge in [0.1, 0.15) is 12.4 Å². The molecule has 0 fully saturated rings. The summed E-state index contributed by atoms with van der Waals surface area (Å²) >= 11 is 0. The zero-order valence-electron chi connectivity index (χ0n) is 13.7.